The molecule has 0 unspecified atom stereocenters. The van der Waals surface area contributed by atoms with Crippen molar-refractivity contribution in [3.05, 3.63) is 70.2 Å². The topological polar surface area (TPSA) is 82.4 Å². The van der Waals surface area contributed by atoms with Gasteiger partial charge in [0.15, 0.2) is 5.69 Å². The summed E-state index contributed by atoms with van der Waals surface area (Å²) < 4.78 is 11.9. The maximum absolute atomic E-state index is 13.2. The summed E-state index contributed by atoms with van der Waals surface area (Å²) in [5, 5.41) is 8.37. The van der Waals surface area contributed by atoms with Gasteiger partial charge in [0, 0.05) is 30.1 Å². The number of nitrogens with zero attached hydrogens (tertiary/aromatic N) is 2. The standard InChI is InChI=1S/C25H27N3O4/c1-31-19-14-18(15-20(16-19)32-2)28-25(30)22-11-7-6-10-21(22)23(27-28)24(29)26-13-12-17-8-4-3-5-9-17/h6-8,10-11,14-16H,3-5,9,12-13H2,1-2H3,(H,26,29). The summed E-state index contributed by atoms with van der Waals surface area (Å²) >= 11 is 0. The molecule has 0 fully saturated rings. The Labute approximate surface area is 186 Å². The fourth-order valence-corrected chi connectivity index (χ4v) is 4.00. The predicted molar refractivity (Wildman–Crippen MR) is 124 cm³/mol. The van der Waals surface area contributed by atoms with E-state index < -0.39 is 0 Å². The van der Waals surface area contributed by atoms with Crippen LogP contribution in [-0.4, -0.2) is 36.5 Å². The Kier molecular flexibility index (Phi) is 6.54. The van der Waals surface area contributed by atoms with Gasteiger partial charge in [0.25, 0.3) is 11.5 Å². The highest BCUT2D eigenvalue weighted by Gasteiger charge is 2.18. The van der Waals surface area contributed by atoms with Crippen molar-refractivity contribution in [2.75, 3.05) is 20.8 Å². The van der Waals surface area contributed by atoms with Crippen molar-refractivity contribution in [3.63, 3.8) is 0 Å². The van der Waals surface area contributed by atoms with Crippen molar-refractivity contribution in [1.29, 1.82) is 0 Å². The molecule has 1 aliphatic rings. The molecule has 7 heteroatoms. The summed E-state index contributed by atoms with van der Waals surface area (Å²) in [5.74, 6) is 0.738. The number of hydrogen-bond donors (Lipinski definition) is 1. The third-order valence-electron chi connectivity index (χ3n) is 5.72. The molecule has 1 heterocycles. The lowest BCUT2D eigenvalue weighted by atomic mass is 9.97. The van der Waals surface area contributed by atoms with Crippen LogP contribution in [0.15, 0.2) is 58.9 Å². The second-order valence-electron chi connectivity index (χ2n) is 7.80. The molecule has 3 aromatic rings. The van der Waals surface area contributed by atoms with Crippen molar-refractivity contribution >= 4 is 16.7 Å². The van der Waals surface area contributed by atoms with E-state index in [4.69, 9.17) is 9.47 Å². The van der Waals surface area contributed by atoms with Crippen LogP contribution < -0.4 is 20.3 Å². The van der Waals surface area contributed by atoms with Gasteiger partial charge in [-0.2, -0.15) is 9.78 Å². The number of carbonyl (C=O) groups excluding carboxylic acids is 1. The van der Waals surface area contributed by atoms with Gasteiger partial charge in [-0.15, -0.1) is 0 Å². The molecule has 1 aliphatic carbocycles. The maximum Gasteiger partial charge on any atom is 0.279 e. The third kappa shape index (κ3) is 4.51. The summed E-state index contributed by atoms with van der Waals surface area (Å²) in [7, 11) is 3.07. The minimum absolute atomic E-state index is 0.208. The fourth-order valence-electron chi connectivity index (χ4n) is 4.00. The first kappa shape index (κ1) is 21.6. The molecule has 7 nitrogen and oxygen atoms in total. The monoisotopic (exact) mass is 433 g/mol. The Hall–Kier alpha value is -3.61. The average Bonchev–Trinajstić information content (AvgIpc) is 2.84. The number of rotatable bonds is 7. The normalized spacial score (nSPS) is 13.5. The van der Waals surface area contributed by atoms with Gasteiger partial charge < -0.3 is 14.8 Å². The zero-order valence-corrected chi connectivity index (χ0v) is 18.4. The second kappa shape index (κ2) is 9.68. The van der Waals surface area contributed by atoms with E-state index in [-0.39, 0.29) is 17.2 Å². The molecule has 0 bridgehead atoms. The van der Waals surface area contributed by atoms with E-state index in [1.807, 2.05) is 0 Å². The molecule has 0 atom stereocenters. The van der Waals surface area contributed by atoms with Crippen molar-refractivity contribution in [3.8, 4) is 17.2 Å². The predicted octanol–water partition coefficient (Wildman–Crippen LogP) is 4.02. The smallest absolute Gasteiger partial charge is 0.279 e. The first-order valence-corrected chi connectivity index (χ1v) is 10.8. The number of ether oxygens (including phenoxy) is 2. The number of methoxy groups -OCH3 is 2. The summed E-state index contributed by atoms with van der Waals surface area (Å²) in [5.41, 5.74) is 1.74. The summed E-state index contributed by atoms with van der Waals surface area (Å²) in [6.07, 6.45) is 7.77. The van der Waals surface area contributed by atoms with Crippen LogP contribution in [0.3, 0.4) is 0 Å². The van der Waals surface area contributed by atoms with Crippen LogP contribution in [-0.2, 0) is 0 Å². The van der Waals surface area contributed by atoms with Crippen LogP contribution in [0.5, 0.6) is 11.5 Å². The van der Waals surface area contributed by atoms with Gasteiger partial charge in [0.05, 0.1) is 25.3 Å². The van der Waals surface area contributed by atoms with E-state index in [0.29, 0.717) is 34.5 Å². The van der Waals surface area contributed by atoms with Crippen LogP contribution in [0.25, 0.3) is 16.5 Å². The number of carbonyl (C=O) groups is 1. The number of hydrogen-bond acceptors (Lipinski definition) is 5. The van der Waals surface area contributed by atoms with Crippen LogP contribution in [0.4, 0.5) is 0 Å². The largest absolute Gasteiger partial charge is 0.497 e. The zero-order chi connectivity index (χ0) is 22.5. The first-order chi connectivity index (χ1) is 15.6. The van der Waals surface area contributed by atoms with Crippen molar-refractivity contribution < 1.29 is 14.3 Å². The highest BCUT2D eigenvalue weighted by molar-refractivity contribution is 6.04. The molecule has 32 heavy (non-hydrogen) atoms. The fraction of sp³-hybridized carbons (Fsp3) is 0.320. The number of benzene rings is 2. The van der Waals surface area contributed by atoms with Gasteiger partial charge in [0.2, 0.25) is 0 Å². The minimum atomic E-state index is -0.320. The average molecular weight is 434 g/mol. The summed E-state index contributed by atoms with van der Waals surface area (Å²) in [6.45, 7) is 0.535. The lowest BCUT2D eigenvalue weighted by Crippen LogP contribution is -2.30. The molecule has 166 valence electrons. The number of amides is 1. The van der Waals surface area contributed by atoms with E-state index in [0.717, 1.165) is 19.3 Å². The molecule has 1 aromatic heterocycles. The first-order valence-electron chi connectivity index (χ1n) is 10.8. The van der Waals surface area contributed by atoms with Crippen molar-refractivity contribution in [2.24, 2.45) is 0 Å². The molecular formula is C25H27N3O4. The summed E-state index contributed by atoms with van der Waals surface area (Å²) in [4.78, 5) is 26.3. The molecule has 0 aliphatic heterocycles. The van der Waals surface area contributed by atoms with Crippen LogP contribution in [0.2, 0.25) is 0 Å². The van der Waals surface area contributed by atoms with E-state index >= 15 is 0 Å². The Morgan fingerprint density at radius 2 is 1.78 bits per heavy atom. The second-order valence-corrected chi connectivity index (χ2v) is 7.80. The van der Waals surface area contributed by atoms with E-state index in [2.05, 4.69) is 16.5 Å². The van der Waals surface area contributed by atoms with E-state index in [9.17, 15) is 9.59 Å². The quantitative estimate of drug-likeness (QED) is 0.569. The molecule has 0 spiro atoms. The van der Waals surface area contributed by atoms with Crippen LogP contribution in [0, 0.1) is 0 Å². The number of aromatic nitrogens is 2. The van der Waals surface area contributed by atoms with Gasteiger partial charge in [-0.25, -0.2) is 0 Å². The number of allylic oxidation sites excluding steroid dienone is 1. The molecular weight excluding hydrogens is 406 g/mol. The third-order valence-corrected chi connectivity index (χ3v) is 5.72. The van der Waals surface area contributed by atoms with E-state index in [1.165, 1.54) is 37.3 Å². The number of fused-ring (bicyclic) bond motifs is 1. The molecule has 0 saturated carbocycles. The Morgan fingerprint density at radius 1 is 1.06 bits per heavy atom. The Bertz CT molecular complexity index is 1210. The van der Waals surface area contributed by atoms with Gasteiger partial charge in [-0.1, -0.05) is 29.8 Å². The lowest BCUT2D eigenvalue weighted by molar-refractivity contribution is 0.0949. The highest BCUT2D eigenvalue weighted by atomic mass is 16.5. The van der Waals surface area contributed by atoms with E-state index in [1.54, 1.807) is 42.5 Å². The van der Waals surface area contributed by atoms with Gasteiger partial charge in [-0.05, 0) is 38.2 Å². The lowest BCUT2D eigenvalue weighted by Gasteiger charge is -2.14. The Balaban J connectivity index is 1.71. The SMILES string of the molecule is COc1cc(OC)cc(-n2nc(C(=O)NCCC3=CCCCC3)c3ccccc3c2=O)c1. The molecule has 0 radical (unpaired) electrons. The van der Waals surface area contributed by atoms with Gasteiger partial charge in [-0.3, -0.25) is 9.59 Å². The van der Waals surface area contributed by atoms with Crippen LogP contribution in [0.1, 0.15) is 42.6 Å². The van der Waals surface area contributed by atoms with Gasteiger partial charge >= 0.3 is 0 Å². The molecule has 0 saturated heterocycles. The maximum atomic E-state index is 13.2. The Morgan fingerprint density at radius 3 is 2.44 bits per heavy atom. The van der Waals surface area contributed by atoms with Crippen molar-refractivity contribution in [2.45, 2.75) is 32.1 Å². The van der Waals surface area contributed by atoms with Crippen molar-refractivity contribution in [1.82, 2.24) is 15.1 Å². The molecule has 1 N–H and O–H groups in total. The highest BCUT2D eigenvalue weighted by Crippen LogP contribution is 2.25. The molecule has 4 rings (SSSR count). The minimum Gasteiger partial charge on any atom is -0.497 e. The van der Waals surface area contributed by atoms with Gasteiger partial charge in [0.1, 0.15) is 11.5 Å². The molecule has 2 aromatic carbocycles. The number of nitrogens with one attached hydrogen (secondary N) is 1. The summed E-state index contributed by atoms with van der Waals surface area (Å²) in [6, 6.07) is 12.1. The molecule has 1 amide bonds. The zero-order valence-electron chi connectivity index (χ0n) is 18.4. The van der Waals surface area contributed by atoms with Crippen LogP contribution >= 0.6 is 0 Å².